The summed E-state index contributed by atoms with van der Waals surface area (Å²) in [6.07, 6.45) is 5.98. The number of aromatic nitrogens is 2. The summed E-state index contributed by atoms with van der Waals surface area (Å²) in [6.45, 7) is 0. The number of carboxylic acids is 1. The summed E-state index contributed by atoms with van der Waals surface area (Å²) < 4.78 is 0. The summed E-state index contributed by atoms with van der Waals surface area (Å²) >= 11 is 1.46. The van der Waals surface area contributed by atoms with Crippen LogP contribution in [0, 0.1) is 0 Å². The van der Waals surface area contributed by atoms with Gasteiger partial charge in [0, 0.05) is 24.3 Å². The second kappa shape index (κ2) is 6.16. The van der Waals surface area contributed by atoms with Gasteiger partial charge in [-0.1, -0.05) is 0 Å². The number of carbonyl (C=O) groups is 1. The Labute approximate surface area is 109 Å². The second-order valence-corrected chi connectivity index (χ2v) is 4.70. The maximum Gasteiger partial charge on any atom is 0.338 e. The first-order valence-electron chi connectivity index (χ1n) is 5.47. The van der Waals surface area contributed by atoms with Crippen LogP contribution < -0.4 is 0 Å². The molecule has 5 heteroatoms. The number of pyridine rings is 2. The molecule has 2 heterocycles. The molecule has 2 rings (SSSR count). The molecule has 92 valence electrons. The molecule has 0 aliphatic carbocycles. The van der Waals surface area contributed by atoms with Crippen molar-refractivity contribution in [3.63, 3.8) is 0 Å². The Hall–Kier alpha value is -1.88. The first kappa shape index (κ1) is 12.6. The number of carboxylic acid groups (broad SMARTS) is 1. The standard InChI is InChI=1S/C13H12N2O2S/c16-13(17)11-2-1-6-15-12(11)18-9-5-10-3-7-14-8-4-10/h1-4,6-8H,5,9H2,(H,16,17). The molecule has 0 fully saturated rings. The lowest BCUT2D eigenvalue weighted by molar-refractivity contribution is 0.0692. The summed E-state index contributed by atoms with van der Waals surface area (Å²) in [6, 6.07) is 7.12. The third-order valence-corrected chi connectivity index (χ3v) is 3.39. The molecule has 0 saturated heterocycles. The van der Waals surface area contributed by atoms with E-state index in [2.05, 4.69) is 9.97 Å². The van der Waals surface area contributed by atoms with Crippen molar-refractivity contribution in [2.24, 2.45) is 0 Å². The number of hydrogen-bond acceptors (Lipinski definition) is 4. The topological polar surface area (TPSA) is 63.1 Å². The lowest BCUT2D eigenvalue weighted by Crippen LogP contribution is -2.01. The minimum atomic E-state index is -0.936. The maximum absolute atomic E-state index is 11.0. The van der Waals surface area contributed by atoms with Crippen molar-refractivity contribution in [3.05, 3.63) is 54.0 Å². The van der Waals surface area contributed by atoms with Crippen LogP contribution in [0.25, 0.3) is 0 Å². The van der Waals surface area contributed by atoms with Crippen LogP contribution in [0.5, 0.6) is 0 Å². The van der Waals surface area contributed by atoms with E-state index in [1.807, 2.05) is 12.1 Å². The summed E-state index contributed by atoms with van der Waals surface area (Å²) in [7, 11) is 0. The van der Waals surface area contributed by atoms with Gasteiger partial charge in [-0.2, -0.15) is 0 Å². The van der Waals surface area contributed by atoms with E-state index in [1.165, 1.54) is 17.3 Å². The molecule has 0 radical (unpaired) electrons. The Morgan fingerprint density at radius 2 is 2.00 bits per heavy atom. The Bertz CT molecular complexity index is 532. The number of hydrogen-bond donors (Lipinski definition) is 1. The zero-order valence-corrected chi connectivity index (χ0v) is 10.4. The van der Waals surface area contributed by atoms with Crippen molar-refractivity contribution in [2.75, 3.05) is 5.75 Å². The van der Waals surface area contributed by atoms with E-state index in [0.717, 1.165) is 12.2 Å². The largest absolute Gasteiger partial charge is 0.478 e. The van der Waals surface area contributed by atoms with E-state index in [1.54, 1.807) is 30.7 Å². The van der Waals surface area contributed by atoms with Crippen molar-refractivity contribution in [1.82, 2.24) is 9.97 Å². The van der Waals surface area contributed by atoms with Crippen LogP contribution in [0.2, 0.25) is 0 Å². The molecule has 0 amide bonds. The number of nitrogens with zero attached hydrogens (tertiary/aromatic N) is 2. The smallest absolute Gasteiger partial charge is 0.338 e. The molecule has 0 aliphatic heterocycles. The Morgan fingerprint density at radius 3 is 2.72 bits per heavy atom. The highest BCUT2D eigenvalue weighted by Crippen LogP contribution is 2.20. The van der Waals surface area contributed by atoms with Gasteiger partial charge in [0.25, 0.3) is 0 Å². The van der Waals surface area contributed by atoms with Gasteiger partial charge in [0.15, 0.2) is 0 Å². The average Bonchev–Trinajstić information content (AvgIpc) is 2.40. The lowest BCUT2D eigenvalue weighted by atomic mass is 10.2. The number of rotatable bonds is 5. The first-order chi connectivity index (χ1) is 8.77. The van der Waals surface area contributed by atoms with Crippen LogP contribution in [-0.4, -0.2) is 26.8 Å². The summed E-state index contributed by atoms with van der Waals surface area (Å²) in [4.78, 5) is 19.0. The van der Waals surface area contributed by atoms with Crippen LogP contribution in [-0.2, 0) is 6.42 Å². The lowest BCUT2D eigenvalue weighted by Gasteiger charge is -2.04. The van der Waals surface area contributed by atoms with Crippen LogP contribution in [0.15, 0.2) is 47.9 Å². The quantitative estimate of drug-likeness (QED) is 0.837. The maximum atomic E-state index is 11.0. The van der Waals surface area contributed by atoms with E-state index in [0.29, 0.717) is 5.03 Å². The van der Waals surface area contributed by atoms with Crippen LogP contribution >= 0.6 is 11.8 Å². The summed E-state index contributed by atoms with van der Waals surface area (Å²) in [5.41, 5.74) is 1.45. The fourth-order valence-corrected chi connectivity index (χ4v) is 2.46. The molecule has 2 aromatic heterocycles. The van der Waals surface area contributed by atoms with Crippen molar-refractivity contribution >= 4 is 17.7 Å². The summed E-state index contributed by atoms with van der Waals surface area (Å²) in [5, 5.41) is 9.59. The zero-order chi connectivity index (χ0) is 12.8. The van der Waals surface area contributed by atoms with Gasteiger partial charge in [-0.25, -0.2) is 9.78 Å². The molecule has 0 spiro atoms. The fourth-order valence-electron chi connectivity index (χ4n) is 1.48. The molecule has 18 heavy (non-hydrogen) atoms. The van der Waals surface area contributed by atoms with Crippen LogP contribution in [0.4, 0.5) is 0 Å². The highest BCUT2D eigenvalue weighted by atomic mass is 32.2. The minimum absolute atomic E-state index is 0.261. The molecular formula is C13H12N2O2S. The van der Waals surface area contributed by atoms with Gasteiger partial charge in [-0.05, 0) is 36.2 Å². The molecule has 2 aromatic rings. The first-order valence-corrected chi connectivity index (χ1v) is 6.46. The van der Waals surface area contributed by atoms with Gasteiger partial charge in [0.2, 0.25) is 0 Å². The third kappa shape index (κ3) is 3.30. The average molecular weight is 260 g/mol. The SMILES string of the molecule is O=C(O)c1cccnc1SCCc1ccncc1. The van der Waals surface area contributed by atoms with E-state index < -0.39 is 5.97 Å². The highest BCUT2D eigenvalue weighted by molar-refractivity contribution is 7.99. The molecule has 0 aliphatic rings. The molecule has 0 unspecified atom stereocenters. The predicted octanol–water partition coefficient (Wildman–Crippen LogP) is 2.51. The van der Waals surface area contributed by atoms with Gasteiger partial charge in [0.1, 0.15) is 5.03 Å². The van der Waals surface area contributed by atoms with E-state index in [9.17, 15) is 4.79 Å². The molecule has 0 atom stereocenters. The van der Waals surface area contributed by atoms with Crippen LogP contribution in [0.3, 0.4) is 0 Å². The Balaban J connectivity index is 1.97. The summed E-state index contributed by atoms with van der Waals surface area (Å²) in [5.74, 6) is -0.143. The van der Waals surface area contributed by atoms with Crippen molar-refractivity contribution in [3.8, 4) is 0 Å². The van der Waals surface area contributed by atoms with E-state index >= 15 is 0 Å². The molecule has 1 N–H and O–H groups in total. The molecule has 0 aromatic carbocycles. The highest BCUT2D eigenvalue weighted by Gasteiger charge is 2.10. The molecule has 4 nitrogen and oxygen atoms in total. The molecule has 0 bridgehead atoms. The molecule has 0 saturated carbocycles. The Kier molecular flexibility index (Phi) is 4.30. The minimum Gasteiger partial charge on any atom is -0.478 e. The number of thioether (sulfide) groups is 1. The predicted molar refractivity (Wildman–Crippen MR) is 69.9 cm³/mol. The Morgan fingerprint density at radius 1 is 1.22 bits per heavy atom. The third-order valence-electron chi connectivity index (χ3n) is 2.38. The van der Waals surface area contributed by atoms with E-state index in [4.69, 9.17) is 5.11 Å². The van der Waals surface area contributed by atoms with Gasteiger partial charge >= 0.3 is 5.97 Å². The van der Waals surface area contributed by atoms with E-state index in [-0.39, 0.29) is 5.56 Å². The van der Waals surface area contributed by atoms with Crippen molar-refractivity contribution in [1.29, 1.82) is 0 Å². The van der Waals surface area contributed by atoms with Crippen LogP contribution in [0.1, 0.15) is 15.9 Å². The van der Waals surface area contributed by atoms with Crippen molar-refractivity contribution < 1.29 is 9.90 Å². The molecular weight excluding hydrogens is 248 g/mol. The van der Waals surface area contributed by atoms with Gasteiger partial charge in [-0.3, -0.25) is 4.98 Å². The normalized spacial score (nSPS) is 10.2. The zero-order valence-electron chi connectivity index (χ0n) is 9.61. The van der Waals surface area contributed by atoms with Gasteiger partial charge < -0.3 is 5.11 Å². The monoisotopic (exact) mass is 260 g/mol. The van der Waals surface area contributed by atoms with Gasteiger partial charge in [-0.15, -0.1) is 11.8 Å². The number of aryl methyl sites for hydroxylation is 1. The second-order valence-electron chi connectivity index (χ2n) is 3.62. The van der Waals surface area contributed by atoms with Gasteiger partial charge in [0.05, 0.1) is 5.56 Å². The fraction of sp³-hybridized carbons (Fsp3) is 0.154. The van der Waals surface area contributed by atoms with Crippen molar-refractivity contribution in [2.45, 2.75) is 11.4 Å². The number of aromatic carboxylic acids is 1.